The van der Waals surface area contributed by atoms with Crippen LogP contribution in [0.25, 0.3) is 21.9 Å². The number of hydrogen-bond donors (Lipinski definition) is 0. The van der Waals surface area contributed by atoms with Crippen molar-refractivity contribution in [2.45, 2.75) is 0 Å². The molecule has 0 bridgehead atoms. The molecule has 0 aliphatic carbocycles. The summed E-state index contributed by atoms with van der Waals surface area (Å²) in [6.07, 6.45) is 1.54. The van der Waals surface area contributed by atoms with Gasteiger partial charge in [0, 0.05) is 22.6 Å². The first-order chi connectivity index (χ1) is 15.9. The Balaban J connectivity index is 1.61. The minimum Gasteiger partial charge on any atom is -0.489 e. The molecule has 4 rings (SSSR count). The van der Waals surface area contributed by atoms with Crippen LogP contribution in [0.2, 0.25) is 0 Å². The van der Waals surface area contributed by atoms with Crippen LogP contribution in [0, 0.1) is 40.9 Å². The Hall–Kier alpha value is -4.11. The minimum atomic E-state index is -1.54. The zero-order chi connectivity index (χ0) is 23.5. The molecule has 6 heteroatoms. The van der Waals surface area contributed by atoms with Crippen molar-refractivity contribution in [1.82, 2.24) is 0 Å². The fourth-order valence-corrected chi connectivity index (χ4v) is 3.28. The Labute approximate surface area is 186 Å². The van der Waals surface area contributed by atoms with Crippen molar-refractivity contribution in [3.05, 3.63) is 114 Å². The van der Waals surface area contributed by atoms with E-state index in [1.165, 1.54) is 54.6 Å². The highest BCUT2D eigenvalue weighted by Gasteiger charge is 2.13. The molecule has 0 unspecified atom stereocenters. The van der Waals surface area contributed by atoms with Gasteiger partial charge < -0.3 is 4.74 Å². The molecule has 4 aromatic rings. The molecule has 0 saturated heterocycles. The molecule has 4 aromatic carbocycles. The van der Waals surface area contributed by atoms with Crippen LogP contribution in [0.1, 0.15) is 11.1 Å². The van der Waals surface area contributed by atoms with Crippen molar-refractivity contribution in [2.75, 3.05) is 6.61 Å². The van der Waals surface area contributed by atoms with Crippen LogP contribution in [0.5, 0.6) is 5.75 Å². The lowest BCUT2D eigenvalue weighted by Gasteiger charge is -2.08. The molecule has 0 heterocycles. The van der Waals surface area contributed by atoms with E-state index in [2.05, 4.69) is 18.4 Å². The Bertz CT molecular complexity index is 1450. The molecule has 0 atom stereocenters. The van der Waals surface area contributed by atoms with Gasteiger partial charge in [-0.15, -0.1) is 0 Å². The van der Waals surface area contributed by atoms with Gasteiger partial charge >= 0.3 is 0 Å². The first-order valence-corrected chi connectivity index (χ1v) is 9.80. The van der Waals surface area contributed by atoms with Gasteiger partial charge in [-0.3, -0.25) is 0 Å². The predicted octanol–water partition coefficient (Wildman–Crippen LogP) is 7.17. The fraction of sp³-hybridized carbons (Fsp3) is 0.0370. The number of hydrogen-bond acceptors (Lipinski definition) is 1. The summed E-state index contributed by atoms with van der Waals surface area (Å²) in [5.41, 5.74) is 0.939. The smallest absolute Gasteiger partial charge is 0.195 e. The molecule has 0 saturated carbocycles. The topological polar surface area (TPSA) is 9.23 Å². The van der Waals surface area contributed by atoms with Gasteiger partial charge in [0.15, 0.2) is 17.5 Å². The lowest BCUT2D eigenvalue weighted by molar-refractivity contribution is 0.361. The molecule has 0 radical (unpaired) electrons. The summed E-state index contributed by atoms with van der Waals surface area (Å²) in [4.78, 5) is 0. The summed E-state index contributed by atoms with van der Waals surface area (Å²) in [7, 11) is 0. The highest BCUT2D eigenvalue weighted by Crippen LogP contribution is 2.28. The summed E-state index contributed by atoms with van der Waals surface area (Å²) in [5, 5.41) is 0.0444. The SMILES string of the molecule is C=CCOc1ccc(-c2ccc(C#Cc3ccc4c(F)c(F)c(F)cc4c3)c(F)c2)c(F)c1. The number of rotatable bonds is 4. The maximum Gasteiger partial charge on any atom is 0.195 e. The first kappa shape index (κ1) is 22.1. The van der Waals surface area contributed by atoms with Crippen LogP contribution < -0.4 is 4.74 Å². The van der Waals surface area contributed by atoms with Gasteiger partial charge in [0.05, 0.1) is 5.56 Å². The van der Waals surface area contributed by atoms with E-state index in [0.29, 0.717) is 16.9 Å². The molecule has 0 N–H and O–H groups in total. The molecule has 0 spiro atoms. The average Bonchev–Trinajstić information content (AvgIpc) is 2.80. The van der Waals surface area contributed by atoms with Gasteiger partial charge in [0.25, 0.3) is 0 Å². The van der Waals surface area contributed by atoms with Crippen molar-refractivity contribution >= 4 is 10.8 Å². The summed E-state index contributed by atoms with van der Waals surface area (Å²) in [5.74, 6) is 0.342. The third-order valence-electron chi connectivity index (χ3n) is 4.90. The minimum absolute atomic E-state index is 0.0571. The van der Waals surface area contributed by atoms with Gasteiger partial charge in [0.1, 0.15) is 24.0 Å². The summed E-state index contributed by atoms with van der Waals surface area (Å²) in [6, 6.07) is 13.3. The lowest BCUT2D eigenvalue weighted by Crippen LogP contribution is -1.94. The van der Waals surface area contributed by atoms with E-state index in [0.717, 1.165) is 6.07 Å². The van der Waals surface area contributed by atoms with E-state index in [9.17, 15) is 22.0 Å². The molecule has 0 amide bonds. The zero-order valence-corrected chi connectivity index (χ0v) is 17.1. The van der Waals surface area contributed by atoms with Gasteiger partial charge in [0.2, 0.25) is 0 Å². The Kier molecular flexibility index (Phi) is 6.14. The van der Waals surface area contributed by atoms with Crippen molar-refractivity contribution < 1.29 is 26.7 Å². The van der Waals surface area contributed by atoms with E-state index in [1.54, 1.807) is 6.07 Å². The van der Waals surface area contributed by atoms with Crippen molar-refractivity contribution in [3.63, 3.8) is 0 Å². The van der Waals surface area contributed by atoms with Crippen LogP contribution in [0.4, 0.5) is 22.0 Å². The molecule has 1 nitrogen and oxygen atoms in total. The van der Waals surface area contributed by atoms with Gasteiger partial charge in [-0.05, 0) is 53.4 Å². The quantitative estimate of drug-likeness (QED) is 0.139. The molecule has 0 aromatic heterocycles. The van der Waals surface area contributed by atoms with Crippen LogP contribution >= 0.6 is 0 Å². The van der Waals surface area contributed by atoms with Crippen molar-refractivity contribution in [1.29, 1.82) is 0 Å². The lowest BCUT2D eigenvalue weighted by atomic mass is 10.0. The number of halogens is 5. The summed E-state index contributed by atoms with van der Waals surface area (Å²) in [6.45, 7) is 3.76. The van der Waals surface area contributed by atoms with Crippen molar-refractivity contribution in [2.24, 2.45) is 0 Å². The third kappa shape index (κ3) is 4.58. The Morgan fingerprint density at radius 2 is 1.58 bits per heavy atom. The normalized spacial score (nSPS) is 10.6. The third-order valence-corrected chi connectivity index (χ3v) is 4.90. The Morgan fingerprint density at radius 3 is 2.30 bits per heavy atom. The van der Waals surface area contributed by atoms with Crippen LogP contribution in [0.15, 0.2) is 73.3 Å². The second-order valence-electron chi connectivity index (χ2n) is 7.11. The average molecular weight is 450 g/mol. The summed E-state index contributed by atoms with van der Waals surface area (Å²) >= 11 is 0. The molecular formula is C27H15F5O. The molecule has 0 fully saturated rings. The van der Waals surface area contributed by atoms with E-state index in [4.69, 9.17) is 4.74 Å². The van der Waals surface area contributed by atoms with Crippen LogP contribution in [0.3, 0.4) is 0 Å². The van der Waals surface area contributed by atoms with Crippen molar-refractivity contribution in [3.8, 4) is 28.7 Å². The number of benzene rings is 4. The molecule has 33 heavy (non-hydrogen) atoms. The fourth-order valence-electron chi connectivity index (χ4n) is 3.28. The maximum atomic E-state index is 14.6. The highest BCUT2D eigenvalue weighted by molar-refractivity contribution is 5.84. The molecule has 0 aliphatic heterocycles. The van der Waals surface area contributed by atoms with Crippen LogP contribution in [-0.2, 0) is 0 Å². The number of ether oxygens (including phenoxy) is 1. The zero-order valence-electron chi connectivity index (χ0n) is 17.1. The van der Waals surface area contributed by atoms with E-state index in [1.807, 2.05) is 0 Å². The van der Waals surface area contributed by atoms with E-state index >= 15 is 0 Å². The van der Waals surface area contributed by atoms with Gasteiger partial charge in [-0.2, -0.15) is 0 Å². The van der Waals surface area contributed by atoms with Gasteiger partial charge in [-0.25, -0.2) is 22.0 Å². The molecular weight excluding hydrogens is 435 g/mol. The van der Waals surface area contributed by atoms with E-state index < -0.39 is 29.1 Å². The summed E-state index contributed by atoms with van der Waals surface area (Å²) < 4.78 is 75.0. The molecule has 164 valence electrons. The highest BCUT2D eigenvalue weighted by atomic mass is 19.2. The predicted molar refractivity (Wildman–Crippen MR) is 117 cm³/mol. The first-order valence-electron chi connectivity index (χ1n) is 9.80. The standard InChI is InChI=1S/C27H15F5O/c1-2-11-33-20-8-10-21(24(29)15-20)18-7-6-17(23(28)13-18)5-3-16-4-9-22-19(12-16)14-25(30)27(32)26(22)31/h2,4,6-10,12-15H,1,11H2. The van der Waals surface area contributed by atoms with Gasteiger partial charge in [-0.1, -0.05) is 36.6 Å². The second kappa shape index (κ2) is 9.17. The van der Waals surface area contributed by atoms with E-state index in [-0.39, 0.29) is 28.5 Å². The monoisotopic (exact) mass is 450 g/mol. The number of fused-ring (bicyclic) bond motifs is 1. The van der Waals surface area contributed by atoms with Crippen LogP contribution in [-0.4, -0.2) is 6.61 Å². The molecule has 0 aliphatic rings. The second-order valence-corrected chi connectivity index (χ2v) is 7.11. The Morgan fingerprint density at radius 1 is 0.758 bits per heavy atom. The largest absolute Gasteiger partial charge is 0.489 e. The maximum absolute atomic E-state index is 14.6.